The average molecular weight is 350 g/mol. The summed E-state index contributed by atoms with van der Waals surface area (Å²) < 4.78 is 0. The van der Waals surface area contributed by atoms with Crippen LogP contribution in [-0.2, 0) is 6.54 Å². The van der Waals surface area contributed by atoms with E-state index in [4.69, 9.17) is 9.97 Å². The zero-order valence-corrected chi connectivity index (χ0v) is 14.8. The summed E-state index contributed by atoms with van der Waals surface area (Å²) in [5, 5.41) is 3.22. The first kappa shape index (κ1) is 16.6. The number of hydrogen-bond donors (Lipinski definition) is 2. The molecule has 1 atom stereocenters. The van der Waals surface area contributed by atoms with Crippen LogP contribution >= 0.6 is 0 Å². The molecule has 4 rings (SSSR count). The van der Waals surface area contributed by atoms with Crippen LogP contribution in [0.1, 0.15) is 36.1 Å². The second-order valence-corrected chi connectivity index (χ2v) is 6.58. The molecule has 1 aliphatic heterocycles. The second kappa shape index (κ2) is 7.57. The van der Waals surface area contributed by atoms with Gasteiger partial charge in [-0.15, -0.1) is 0 Å². The number of aryl methyl sites for hydroxylation is 1. The summed E-state index contributed by atoms with van der Waals surface area (Å²) in [5.74, 6) is 3.65. The smallest absolute Gasteiger partial charge is 0.150 e. The Kier molecular flexibility index (Phi) is 4.83. The largest absolute Gasteiger partial charge is 0.348 e. The lowest BCUT2D eigenvalue weighted by Crippen LogP contribution is -2.35. The van der Waals surface area contributed by atoms with Gasteiger partial charge in [-0.3, -0.25) is 9.88 Å². The van der Waals surface area contributed by atoms with Gasteiger partial charge in [-0.25, -0.2) is 19.9 Å². The zero-order valence-electron chi connectivity index (χ0n) is 14.8. The summed E-state index contributed by atoms with van der Waals surface area (Å²) in [6, 6.07) is 1.93. The van der Waals surface area contributed by atoms with Gasteiger partial charge in [0.1, 0.15) is 23.3 Å². The second-order valence-electron chi connectivity index (χ2n) is 6.58. The molecule has 0 bridgehead atoms. The maximum absolute atomic E-state index is 4.74. The number of likely N-dealkylation sites (tertiary alicyclic amines) is 1. The first-order valence-corrected chi connectivity index (χ1v) is 8.85. The molecule has 0 amide bonds. The summed E-state index contributed by atoms with van der Waals surface area (Å²) in [6.45, 7) is 4.85. The van der Waals surface area contributed by atoms with E-state index in [2.05, 4.69) is 30.2 Å². The lowest BCUT2D eigenvalue weighted by Gasteiger charge is -2.31. The van der Waals surface area contributed by atoms with Crippen LogP contribution in [0.2, 0.25) is 0 Å². The van der Waals surface area contributed by atoms with E-state index in [1.54, 1.807) is 24.8 Å². The molecular weight excluding hydrogens is 328 g/mol. The number of anilines is 2. The fourth-order valence-electron chi connectivity index (χ4n) is 3.34. The Balaban J connectivity index is 1.49. The van der Waals surface area contributed by atoms with E-state index in [0.717, 1.165) is 55.6 Å². The van der Waals surface area contributed by atoms with E-state index >= 15 is 0 Å². The molecule has 0 aromatic carbocycles. The highest BCUT2D eigenvalue weighted by Crippen LogP contribution is 2.26. The molecule has 8 heteroatoms. The third-order valence-electron chi connectivity index (χ3n) is 4.49. The van der Waals surface area contributed by atoms with E-state index in [9.17, 15) is 0 Å². The number of piperidine rings is 1. The van der Waals surface area contributed by atoms with Crippen molar-refractivity contribution in [3.8, 4) is 0 Å². The number of aromatic nitrogens is 6. The predicted molar refractivity (Wildman–Crippen MR) is 97.9 cm³/mol. The van der Waals surface area contributed by atoms with Gasteiger partial charge in [-0.1, -0.05) is 0 Å². The fourth-order valence-corrected chi connectivity index (χ4v) is 3.34. The van der Waals surface area contributed by atoms with Gasteiger partial charge in [0, 0.05) is 49.0 Å². The number of rotatable bonds is 5. The molecule has 1 aliphatic rings. The highest BCUT2D eigenvalue weighted by Gasteiger charge is 2.24. The quantitative estimate of drug-likeness (QED) is 0.729. The molecule has 0 aliphatic carbocycles. The minimum atomic E-state index is 0.320. The van der Waals surface area contributed by atoms with Gasteiger partial charge < -0.3 is 10.3 Å². The SMILES string of the molecule is Cc1cc(Nc2cnccn2)nc(C2CCCN(Cc3ncc[nH]3)C2)n1. The van der Waals surface area contributed by atoms with Crippen molar-refractivity contribution in [2.75, 3.05) is 18.4 Å². The number of hydrogen-bond acceptors (Lipinski definition) is 7. The van der Waals surface area contributed by atoms with Gasteiger partial charge >= 0.3 is 0 Å². The van der Waals surface area contributed by atoms with Gasteiger partial charge in [0.2, 0.25) is 0 Å². The van der Waals surface area contributed by atoms with Crippen molar-refractivity contribution >= 4 is 11.6 Å². The highest BCUT2D eigenvalue weighted by atomic mass is 15.2. The summed E-state index contributed by atoms with van der Waals surface area (Å²) >= 11 is 0. The van der Waals surface area contributed by atoms with Crippen LogP contribution in [0.3, 0.4) is 0 Å². The Labute approximate surface area is 152 Å². The molecule has 3 aromatic rings. The third kappa shape index (κ3) is 4.02. The van der Waals surface area contributed by atoms with Gasteiger partial charge in [0.05, 0.1) is 12.7 Å². The third-order valence-corrected chi connectivity index (χ3v) is 4.49. The topological polar surface area (TPSA) is 95.5 Å². The first-order valence-electron chi connectivity index (χ1n) is 8.85. The van der Waals surface area contributed by atoms with Gasteiger partial charge in [-0.2, -0.15) is 0 Å². The maximum atomic E-state index is 4.74. The number of nitrogens with zero attached hydrogens (tertiary/aromatic N) is 6. The Bertz CT molecular complexity index is 834. The van der Waals surface area contributed by atoms with Crippen LogP contribution in [0.15, 0.2) is 37.1 Å². The van der Waals surface area contributed by atoms with Crippen LogP contribution in [-0.4, -0.2) is 47.9 Å². The van der Waals surface area contributed by atoms with Crippen LogP contribution in [0.4, 0.5) is 11.6 Å². The zero-order chi connectivity index (χ0) is 17.8. The molecule has 0 saturated carbocycles. The van der Waals surface area contributed by atoms with Crippen molar-refractivity contribution in [3.63, 3.8) is 0 Å². The Morgan fingerprint density at radius 1 is 1.19 bits per heavy atom. The lowest BCUT2D eigenvalue weighted by molar-refractivity contribution is 0.192. The van der Waals surface area contributed by atoms with Crippen molar-refractivity contribution in [2.45, 2.75) is 32.2 Å². The van der Waals surface area contributed by atoms with Crippen LogP contribution < -0.4 is 5.32 Å². The van der Waals surface area contributed by atoms with Crippen LogP contribution in [0.5, 0.6) is 0 Å². The molecule has 1 fully saturated rings. The van der Waals surface area contributed by atoms with E-state index in [1.165, 1.54) is 0 Å². The molecule has 1 saturated heterocycles. The molecule has 4 heterocycles. The van der Waals surface area contributed by atoms with Crippen LogP contribution in [0, 0.1) is 6.92 Å². The molecule has 3 aromatic heterocycles. The number of aromatic amines is 1. The number of imidazole rings is 1. The summed E-state index contributed by atoms with van der Waals surface area (Å²) in [5.41, 5.74) is 0.949. The van der Waals surface area contributed by atoms with Crippen molar-refractivity contribution in [1.29, 1.82) is 0 Å². The van der Waals surface area contributed by atoms with Crippen molar-refractivity contribution in [2.24, 2.45) is 0 Å². The van der Waals surface area contributed by atoms with Crippen molar-refractivity contribution in [1.82, 2.24) is 34.8 Å². The van der Waals surface area contributed by atoms with E-state index < -0.39 is 0 Å². The molecule has 2 N–H and O–H groups in total. The highest BCUT2D eigenvalue weighted by molar-refractivity contribution is 5.50. The van der Waals surface area contributed by atoms with Gasteiger partial charge in [0.25, 0.3) is 0 Å². The number of H-pyrrole nitrogens is 1. The Morgan fingerprint density at radius 2 is 2.15 bits per heavy atom. The Morgan fingerprint density at radius 3 is 2.96 bits per heavy atom. The lowest BCUT2D eigenvalue weighted by atomic mass is 9.97. The normalized spacial score (nSPS) is 18.0. The first-order chi connectivity index (χ1) is 12.8. The number of nitrogens with one attached hydrogen (secondary N) is 2. The maximum Gasteiger partial charge on any atom is 0.150 e. The molecule has 0 radical (unpaired) electrons. The van der Waals surface area contributed by atoms with E-state index in [-0.39, 0.29) is 0 Å². The van der Waals surface area contributed by atoms with Crippen LogP contribution in [0.25, 0.3) is 0 Å². The standard InChI is InChI=1S/C18H22N8/c1-13-9-15(24-16-10-19-4-5-20-16)25-18(23-13)14-3-2-8-26(11-14)12-17-21-6-7-22-17/h4-7,9-10,14H,2-3,8,11-12H2,1H3,(H,21,22)(H,20,23,24,25). The molecule has 0 spiro atoms. The predicted octanol–water partition coefficient (Wildman–Crippen LogP) is 2.42. The Hall–Kier alpha value is -2.87. The molecule has 1 unspecified atom stereocenters. The molecule has 134 valence electrons. The average Bonchev–Trinajstić information content (AvgIpc) is 3.15. The van der Waals surface area contributed by atoms with Crippen molar-refractivity contribution < 1.29 is 0 Å². The monoisotopic (exact) mass is 350 g/mol. The minimum Gasteiger partial charge on any atom is -0.348 e. The molecule has 26 heavy (non-hydrogen) atoms. The van der Waals surface area contributed by atoms with Crippen molar-refractivity contribution in [3.05, 3.63) is 54.4 Å². The summed E-state index contributed by atoms with van der Waals surface area (Å²) in [6.07, 6.45) is 10.9. The van der Waals surface area contributed by atoms with Gasteiger partial charge in [0.15, 0.2) is 0 Å². The summed E-state index contributed by atoms with van der Waals surface area (Å²) in [7, 11) is 0. The minimum absolute atomic E-state index is 0.320. The van der Waals surface area contributed by atoms with Gasteiger partial charge in [-0.05, 0) is 26.3 Å². The van der Waals surface area contributed by atoms with E-state index in [1.807, 2.05) is 19.2 Å². The fraction of sp³-hybridized carbons (Fsp3) is 0.389. The summed E-state index contributed by atoms with van der Waals surface area (Å²) in [4.78, 5) is 27.7. The van der Waals surface area contributed by atoms with E-state index in [0.29, 0.717) is 11.7 Å². The molecule has 8 nitrogen and oxygen atoms in total. The molecular formula is C18H22N8.